The van der Waals surface area contributed by atoms with Gasteiger partial charge in [-0.25, -0.2) is 0 Å². The molecule has 2 heteroatoms. The van der Waals surface area contributed by atoms with Gasteiger partial charge in [0.2, 0.25) is 0 Å². The Bertz CT molecular complexity index is 294. The Morgan fingerprint density at radius 3 is 2.47 bits per heavy atom. The van der Waals surface area contributed by atoms with Crippen molar-refractivity contribution in [2.75, 3.05) is 19.7 Å². The topological polar surface area (TPSA) is 21.3 Å². The second-order valence-electron chi connectivity index (χ2n) is 4.46. The van der Waals surface area contributed by atoms with E-state index in [4.69, 9.17) is 4.74 Å². The molecule has 0 bridgehead atoms. The van der Waals surface area contributed by atoms with E-state index < -0.39 is 0 Å². The molecule has 0 aliphatic heterocycles. The van der Waals surface area contributed by atoms with Crippen LogP contribution >= 0.6 is 0 Å². The minimum absolute atomic E-state index is 0.606. The van der Waals surface area contributed by atoms with Crippen LogP contribution in [0, 0.1) is 0 Å². The van der Waals surface area contributed by atoms with E-state index in [2.05, 4.69) is 50.4 Å². The summed E-state index contributed by atoms with van der Waals surface area (Å²) < 4.78 is 5.58. The summed E-state index contributed by atoms with van der Waals surface area (Å²) in [7, 11) is 0. The first kappa shape index (κ1) is 14.0. The summed E-state index contributed by atoms with van der Waals surface area (Å²) in [4.78, 5) is 0. The van der Waals surface area contributed by atoms with E-state index in [-0.39, 0.29) is 0 Å². The normalized spacial score (nSPS) is 12.4. The molecule has 0 saturated heterocycles. The predicted molar refractivity (Wildman–Crippen MR) is 73.8 cm³/mol. The van der Waals surface area contributed by atoms with Crippen LogP contribution in [0.3, 0.4) is 0 Å². The van der Waals surface area contributed by atoms with Gasteiger partial charge in [0, 0.05) is 0 Å². The average molecular weight is 235 g/mol. The summed E-state index contributed by atoms with van der Waals surface area (Å²) in [6.07, 6.45) is 2.24. The van der Waals surface area contributed by atoms with Crippen molar-refractivity contribution in [3.63, 3.8) is 0 Å². The van der Waals surface area contributed by atoms with Gasteiger partial charge >= 0.3 is 0 Å². The summed E-state index contributed by atoms with van der Waals surface area (Å²) >= 11 is 0. The van der Waals surface area contributed by atoms with Crippen LogP contribution in [0.5, 0.6) is 5.75 Å². The highest BCUT2D eigenvalue weighted by Gasteiger charge is 2.04. The van der Waals surface area contributed by atoms with Crippen molar-refractivity contribution in [3.05, 3.63) is 29.8 Å². The Kier molecular flexibility index (Phi) is 6.71. The van der Waals surface area contributed by atoms with Crippen molar-refractivity contribution in [2.24, 2.45) is 0 Å². The van der Waals surface area contributed by atoms with Crippen molar-refractivity contribution in [3.8, 4) is 5.75 Å². The van der Waals surface area contributed by atoms with Gasteiger partial charge in [0.1, 0.15) is 5.75 Å². The maximum Gasteiger partial charge on any atom is 0.119 e. The summed E-state index contributed by atoms with van der Waals surface area (Å²) in [5.74, 6) is 1.59. The van der Waals surface area contributed by atoms with Crippen LogP contribution in [-0.2, 0) is 0 Å². The molecule has 0 heterocycles. The van der Waals surface area contributed by atoms with E-state index in [9.17, 15) is 0 Å². The molecule has 1 unspecified atom stereocenters. The Labute approximate surface area is 105 Å². The van der Waals surface area contributed by atoms with Gasteiger partial charge in [-0.05, 0) is 49.5 Å². The molecule has 1 rings (SSSR count). The number of ether oxygens (including phenoxy) is 1. The summed E-state index contributed by atoms with van der Waals surface area (Å²) in [6.45, 7) is 9.48. The molecule has 0 aromatic heterocycles. The zero-order chi connectivity index (χ0) is 12.5. The first-order valence-electron chi connectivity index (χ1n) is 6.71. The lowest BCUT2D eigenvalue weighted by molar-refractivity contribution is 0.317. The highest BCUT2D eigenvalue weighted by molar-refractivity contribution is 5.29. The molecule has 0 aliphatic carbocycles. The highest BCUT2D eigenvalue weighted by atomic mass is 16.5. The molecule has 2 nitrogen and oxygen atoms in total. The third kappa shape index (κ3) is 5.22. The number of rotatable bonds is 8. The van der Waals surface area contributed by atoms with E-state index in [0.717, 1.165) is 31.9 Å². The quantitative estimate of drug-likeness (QED) is 0.695. The zero-order valence-corrected chi connectivity index (χ0v) is 11.3. The van der Waals surface area contributed by atoms with Crippen molar-refractivity contribution < 1.29 is 4.74 Å². The van der Waals surface area contributed by atoms with Gasteiger partial charge in [-0.3, -0.25) is 0 Å². The fourth-order valence-corrected chi connectivity index (χ4v) is 1.77. The Balaban J connectivity index is 2.43. The molecule has 1 N–H and O–H groups in total. The maximum atomic E-state index is 5.58. The average Bonchev–Trinajstić information content (AvgIpc) is 2.37. The van der Waals surface area contributed by atoms with Crippen LogP contribution in [0.2, 0.25) is 0 Å². The fraction of sp³-hybridized carbons (Fsp3) is 0.600. The van der Waals surface area contributed by atoms with Crippen LogP contribution < -0.4 is 10.1 Å². The monoisotopic (exact) mass is 235 g/mol. The number of benzene rings is 1. The van der Waals surface area contributed by atoms with Gasteiger partial charge in [0.15, 0.2) is 0 Å². The van der Waals surface area contributed by atoms with Crippen LogP contribution in [0.1, 0.15) is 45.1 Å². The lowest BCUT2D eigenvalue weighted by atomic mass is 9.98. The second kappa shape index (κ2) is 8.13. The van der Waals surface area contributed by atoms with Crippen LogP contribution in [-0.4, -0.2) is 19.7 Å². The molecule has 0 spiro atoms. The summed E-state index contributed by atoms with van der Waals surface area (Å²) in [5, 5.41) is 3.36. The maximum absolute atomic E-state index is 5.58. The molecule has 1 aromatic carbocycles. The molecule has 0 amide bonds. The Hall–Kier alpha value is -1.02. The number of nitrogens with one attached hydrogen (secondary N) is 1. The third-order valence-corrected chi connectivity index (χ3v) is 2.93. The van der Waals surface area contributed by atoms with Gasteiger partial charge < -0.3 is 10.1 Å². The smallest absolute Gasteiger partial charge is 0.119 e. The summed E-state index contributed by atoms with van der Waals surface area (Å²) in [5.41, 5.74) is 1.40. The lowest BCUT2D eigenvalue weighted by Crippen LogP contribution is -2.15. The molecule has 17 heavy (non-hydrogen) atoms. The first-order chi connectivity index (χ1) is 8.27. The van der Waals surface area contributed by atoms with Crippen LogP contribution in [0.15, 0.2) is 24.3 Å². The molecule has 96 valence electrons. The molecule has 1 aromatic rings. The lowest BCUT2D eigenvalue weighted by Gasteiger charge is -2.13. The predicted octanol–water partition coefficient (Wildman–Crippen LogP) is 3.58. The first-order valence-corrected chi connectivity index (χ1v) is 6.71. The molecule has 0 aliphatic rings. The minimum atomic E-state index is 0.606. The third-order valence-electron chi connectivity index (χ3n) is 2.93. The highest BCUT2D eigenvalue weighted by Crippen LogP contribution is 2.21. The summed E-state index contributed by atoms with van der Waals surface area (Å²) in [6, 6.07) is 8.52. The fourth-order valence-electron chi connectivity index (χ4n) is 1.77. The zero-order valence-electron chi connectivity index (χ0n) is 11.3. The van der Waals surface area contributed by atoms with Gasteiger partial charge in [-0.15, -0.1) is 0 Å². The standard InChI is InChI=1S/C15H25NO/c1-4-12-17-15-8-6-14(7-9-15)13(3)10-11-16-5-2/h6-9,13,16H,4-5,10-12H2,1-3H3. The van der Waals surface area contributed by atoms with Crippen LogP contribution in [0.4, 0.5) is 0 Å². The van der Waals surface area contributed by atoms with Crippen molar-refractivity contribution in [2.45, 2.75) is 39.5 Å². The van der Waals surface area contributed by atoms with E-state index in [0.29, 0.717) is 5.92 Å². The van der Waals surface area contributed by atoms with Gasteiger partial charge in [0.05, 0.1) is 6.61 Å². The molecular formula is C15H25NO. The van der Waals surface area contributed by atoms with Crippen molar-refractivity contribution >= 4 is 0 Å². The van der Waals surface area contributed by atoms with Crippen molar-refractivity contribution in [1.29, 1.82) is 0 Å². The number of hydrogen-bond donors (Lipinski definition) is 1. The molecule has 0 saturated carbocycles. The largest absolute Gasteiger partial charge is 0.494 e. The van der Waals surface area contributed by atoms with E-state index in [1.807, 2.05) is 0 Å². The van der Waals surface area contributed by atoms with Gasteiger partial charge in [-0.2, -0.15) is 0 Å². The number of hydrogen-bond acceptors (Lipinski definition) is 2. The van der Waals surface area contributed by atoms with E-state index in [1.165, 1.54) is 12.0 Å². The van der Waals surface area contributed by atoms with Crippen LogP contribution in [0.25, 0.3) is 0 Å². The van der Waals surface area contributed by atoms with Crippen molar-refractivity contribution in [1.82, 2.24) is 5.32 Å². The molecule has 0 radical (unpaired) electrons. The minimum Gasteiger partial charge on any atom is -0.494 e. The van der Waals surface area contributed by atoms with Gasteiger partial charge in [0.25, 0.3) is 0 Å². The Morgan fingerprint density at radius 1 is 1.18 bits per heavy atom. The van der Waals surface area contributed by atoms with E-state index >= 15 is 0 Å². The van der Waals surface area contributed by atoms with Gasteiger partial charge in [-0.1, -0.05) is 32.9 Å². The molecular weight excluding hydrogens is 210 g/mol. The molecule has 1 atom stereocenters. The molecule has 0 fully saturated rings. The SMILES string of the molecule is CCCOc1ccc(C(C)CCNCC)cc1. The van der Waals surface area contributed by atoms with E-state index in [1.54, 1.807) is 0 Å². The Morgan fingerprint density at radius 2 is 1.88 bits per heavy atom. The second-order valence-corrected chi connectivity index (χ2v) is 4.46.